The highest BCUT2D eigenvalue weighted by atomic mass is 32.1. The van der Waals surface area contributed by atoms with Gasteiger partial charge in [0.05, 0.1) is 0 Å². The quantitative estimate of drug-likeness (QED) is 0.776. The summed E-state index contributed by atoms with van der Waals surface area (Å²) in [5.74, 6) is 0.290. The number of ether oxygens (including phenoxy) is 1. The van der Waals surface area contributed by atoms with Gasteiger partial charge >= 0.3 is 0 Å². The van der Waals surface area contributed by atoms with Crippen LogP contribution in [0.1, 0.15) is 16.0 Å². The van der Waals surface area contributed by atoms with E-state index in [0.717, 1.165) is 15.8 Å². The third-order valence-electron chi connectivity index (χ3n) is 3.49. The predicted molar refractivity (Wildman–Crippen MR) is 85.2 cm³/mol. The Bertz CT molecular complexity index is 782. The molecule has 0 saturated carbocycles. The van der Waals surface area contributed by atoms with E-state index in [1.165, 1.54) is 10.8 Å². The zero-order valence-corrected chi connectivity index (χ0v) is 12.5. The van der Waals surface area contributed by atoms with E-state index < -0.39 is 0 Å². The minimum atomic E-state index is -0.248. The first-order valence-corrected chi connectivity index (χ1v) is 7.59. The van der Waals surface area contributed by atoms with Crippen LogP contribution in [0.5, 0.6) is 5.75 Å². The van der Waals surface area contributed by atoms with Crippen LogP contribution >= 0.6 is 11.3 Å². The van der Waals surface area contributed by atoms with Crippen LogP contribution in [0.3, 0.4) is 0 Å². The summed E-state index contributed by atoms with van der Waals surface area (Å²) in [7, 11) is 0. The minimum absolute atomic E-state index is 0.248. The predicted octanol–water partition coefficient (Wildman–Crippen LogP) is 4.39. The summed E-state index contributed by atoms with van der Waals surface area (Å²) in [5.41, 5.74) is 7.54. The molecule has 21 heavy (non-hydrogen) atoms. The lowest BCUT2D eigenvalue weighted by atomic mass is 10.1. The molecule has 0 aliphatic carbocycles. The molecule has 0 fully saturated rings. The summed E-state index contributed by atoms with van der Waals surface area (Å²) in [5, 5.41) is 1.16. The Balaban J connectivity index is 1.89. The van der Waals surface area contributed by atoms with Crippen LogP contribution in [0, 0.1) is 12.7 Å². The van der Waals surface area contributed by atoms with Gasteiger partial charge in [-0.3, -0.25) is 0 Å². The van der Waals surface area contributed by atoms with Crippen molar-refractivity contribution in [2.24, 2.45) is 5.73 Å². The zero-order valence-electron chi connectivity index (χ0n) is 11.7. The first-order valence-electron chi connectivity index (χ1n) is 6.77. The highest BCUT2D eigenvalue weighted by Gasteiger charge is 2.11. The molecule has 0 amide bonds. The number of aryl methyl sites for hydroxylation is 1. The van der Waals surface area contributed by atoms with E-state index in [2.05, 4.69) is 12.1 Å². The van der Waals surface area contributed by atoms with Crippen molar-refractivity contribution in [3.63, 3.8) is 0 Å². The first kappa shape index (κ1) is 14.0. The van der Waals surface area contributed by atoms with Gasteiger partial charge in [0.1, 0.15) is 18.2 Å². The number of halogens is 1. The van der Waals surface area contributed by atoms with Gasteiger partial charge in [-0.1, -0.05) is 24.3 Å². The molecule has 0 atom stereocenters. The second kappa shape index (κ2) is 5.84. The molecule has 2 nitrogen and oxygen atoms in total. The molecule has 3 rings (SSSR count). The molecule has 2 N–H and O–H groups in total. The number of hydrogen-bond donors (Lipinski definition) is 1. The number of fused-ring (bicyclic) bond motifs is 1. The Morgan fingerprint density at radius 1 is 1.19 bits per heavy atom. The van der Waals surface area contributed by atoms with Gasteiger partial charge in [0.25, 0.3) is 0 Å². The number of nitrogens with two attached hydrogens (primary N) is 1. The first-order chi connectivity index (χ1) is 10.2. The number of thiophene rings is 1. The van der Waals surface area contributed by atoms with E-state index in [1.807, 2.05) is 12.1 Å². The fourth-order valence-electron chi connectivity index (χ4n) is 2.29. The standard InChI is InChI=1S/C17H16FNOS/c1-11-6-7-12(8-15(11)18)20-10-14-13-4-2-3-5-16(13)21-17(14)9-19/h2-8H,9-10,19H2,1H3. The summed E-state index contributed by atoms with van der Waals surface area (Å²) >= 11 is 1.69. The van der Waals surface area contributed by atoms with Crippen molar-refractivity contribution < 1.29 is 9.13 Å². The van der Waals surface area contributed by atoms with E-state index in [0.29, 0.717) is 24.5 Å². The number of hydrogen-bond acceptors (Lipinski definition) is 3. The highest BCUT2D eigenvalue weighted by Crippen LogP contribution is 2.32. The van der Waals surface area contributed by atoms with E-state index in [1.54, 1.807) is 30.4 Å². The monoisotopic (exact) mass is 301 g/mol. The van der Waals surface area contributed by atoms with Crippen molar-refractivity contribution in [1.29, 1.82) is 0 Å². The molecule has 0 saturated heterocycles. The molecule has 0 radical (unpaired) electrons. The number of benzene rings is 2. The highest BCUT2D eigenvalue weighted by molar-refractivity contribution is 7.19. The molecular weight excluding hydrogens is 285 g/mol. The molecule has 0 unspecified atom stereocenters. The maximum Gasteiger partial charge on any atom is 0.129 e. The van der Waals surface area contributed by atoms with Gasteiger partial charge in [0.15, 0.2) is 0 Å². The fourth-order valence-corrected chi connectivity index (χ4v) is 3.38. The van der Waals surface area contributed by atoms with Gasteiger partial charge in [0.2, 0.25) is 0 Å². The van der Waals surface area contributed by atoms with Crippen molar-refractivity contribution >= 4 is 21.4 Å². The fraction of sp³-hybridized carbons (Fsp3) is 0.176. The van der Waals surface area contributed by atoms with E-state index in [9.17, 15) is 4.39 Å². The number of rotatable bonds is 4. The average Bonchev–Trinajstić information content (AvgIpc) is 2.86. The molecule has 0 spiro atoms. The van der Waals surface area contributed by atoms with E-state index in [4.69, 9.17) is 10.5 Å². The Kier molecular flexibility index (Phi) is 3.90. The van der Waals surface area contributed by atoms with Gasteiger partial charge < -0.3 is 10.5 Å². The van der Waals surface area contributed by atoms with Crippen LogP contribution in [0.25, 0.3) is 10.1 Å². The van der Waals surface area contributed by atoms with Gasteiger partial charge in [0, 0.05) is 27.8 Å². The van der Waals surface area contributed by atoms with Crippen LogP contribution in [-0.2, 0) is 13.2 Å². The van der Waals surface area contributed by atoms with Crippen LogP contribution in [0.15, 0.2) is 42.5 Å². The molecule has 3 aromatic rings. The maximum absolute atomic E-state index is 13.5. The summed E-state index contributed by atoms with van der Waals surface area (Å²) < 4.78 is 20.5. The Morgan fingerprint density at radius 2 is 2.00 bits per heavy atom. The van der Waals surface area contributed by atoms with Crippen LogP contribution < -0.4 is 10.5 Å². The molecule has 108 valence electrons. The van der Waals surface area contributed by atoms with Crippen molar-refractivity contribution in [2.75, 3.05) is 0 Å². The molecular formula is C17H16FNOS. The summed E-state index contributed by atoms with van der Waals surface area (Å²) in [4.78, 5) is 1.11. The van der Waals surface area contributed by atoms with Crippen molar-refractivity contribution in [3.8, 4) is 5.75 Å². The normalized spacial score (nSPS) is 11.0. The van der Waals surface area contributed by atoms with Gasteiger partial charge in [-0.15, -0.1) is 11.3 Å². The summed E-state index contributed by atoms with van der Waals surface area (Å²) in [6, 6.07) is 13.1. The van der Waals surface area contributed by atoms with Crippen LogP contribution in [-0.4, -0.2) is 0 Å². The lowest BCUT2D eigenvalue weighted by Gasteiger charge is -2.08. The van der Waals surface area contributed by atoms with Gasteiger partial charge in [-0.2, -0.15) is 0 Å². The maximum atomic E-state index is 13.5. The lowest BCUT2D eigenvalue weighted by molar-refractivity contribution is 0.305. The Morgan fingerprint density at radius 3 is 2.76 bits per heavy atom. The third-order valence-corrected chi connectivity index (χ3v) is 4.73. The van der Waals surface area contributed by atoms with E-state index in [-0.39, 0.29) is 5.82 Å². The summed E-state index contributed by atoms with van der Waals surface area (Å²) in [6.07, 6.45) is 0. The van der Waals surface area contributed by atoms with Gasteiger partial charge in [-0.25, -0.2) is 4.39 Å². The van der Waals surface area contributed by atoms with Crippen molar-refractivity contribution in [3.05, 3.63) is 64.3 Å². The molecule has 4 heteroatoms. The van der Waals surface area contributed by atoms with Crippen LogP contribution in [0.2, 0.25) is 0 Å². The smallest absolute Gasteiger partial charge is 0.129 e. The second-order valence-corrected chi connectivity index (χ2v) is 6.04. The van der Waals surface area contributed by atoms with Crippen molar-refractivity contribution in [1.82, 2.24) is 0 Å². The van der Waals surface area contributed by atoms with Crippen LogP contribution in [0.4, 0.5) is 4.39 Å². The molecule has 0 bridgehead atoms. The third kappa shape index (κ3) is 2.77. The van der Waals surface area contributed by atoms with Gasteiger partial charge in [-0.05, 0) is 30.0 Å². The summed E-state index contributed by atoms with van der Waals surface area (Å²) in [6.45, 7) is 2.62. The molecule has 1 heterocycles. The largest absolute Gasteiger partial charge is 0.489 e. The Hall–Kier alpha value is -1.91. The Labute approximate surface area is 127 Å². The lowest BCUT2D eigenvalue weighted by Crippen LogP contribution is -2.02. The molecule has 2 aromatic carbocycles. The molecule has 0 aliphatic rings. The zero-order chi connectivity index (χ0) is 14.8. The van der Waals surface area contributed by atoms with Crippen molar-refractivity contribution in [2.45, 2.75) is 20.1 Å². The second-order valence-electron chi connectivity index (χ2n) is 4.90. The topological polar surface area (TPSA) is 35.2 Å². The van der Waals surface area contributed by atoms with E-state index >= 15 is 0 Å². The minimum Gasteiger partial charge on any atom is -0.489 e. The SMILES string of the molecule is Cc1ccc(OCc2c(CN)sc3ccccc23)cc1F. The molecule has 0 aliphatic heterocycles. The molecule has 1 aromatic heterocycles. The average molecular weight is 301 g/mol.